The van der Waals surface area contributed by atoms with Gasteiger partial charge < -0.3 is 9.16 Å². The molecule has 5 nitrogen and oxygen atoms in total. The van der Waals surface area contributed by atoms with Crippen LogP contribution >= 0.6 is 15.9 Å². The number of carbonyl (C=O) groups is 1. The van der Waals surface area contributed by atoms with E-state index >= 15 is 0 Å². The van der Waals surface area contributed by atoms with Crippen LogP contribution in [0.2, 0.25) is 18.1 Å². The molecule has 0 N–H and O–H groups in total. The molecular formula is C33H49BrN2O3Si. The van der Waals surface area contributed by atoms with Gasteiger partial charge in [-0.2, -0.15) is 0 Å². The molecule has 0 radical (unpaired) electrons. The van der Waals surface area contributed by atoms with E-state index in [1.807, 2.05) is 17.0 Å². The van der Waals surface area contributed by atoms with Crippen molar-refractivity contribution in [2.24, 2.45) is 11.8 Å². The van der Waals surface area contributed by atoms with Crippen molar-refractivity contribution in [2.45, 2.75) is 109 Å². The smallest absolute Gasteiger partial charge is 0.231 e. The van der Waals surface area contributed by atoms with E-state index in [0.29, 0.717) is 11.8 Å². The molecule has 2 aliphatic rings. The van der Waals surface area contributed by atoms with Gasteiger partial charge >= 0.3 is 0 Å². The molecule has 1 amide bonds. The predicted octanol–water partition coefficient (Wildman–Crippen LogP) is 9.05. The first-order valence-corrected chi connectivity index (χ1v) is 18.8. The van der Waals surface area contributed by atoms with Crippen molar-refractivity contribution in [3.05, 3.63) is 52.1 Å². The van der Waals surface area contributed by atoms with E-state index in [-0.39, 0.29) is 23.0 Å². The van der Waals surface area contributed by atoms with Gasteiger partial charge in [-0.3, -0.25) is 9.69 Å². The molecule has 0 bridgehead atoms. The summed E-state index contributed by atoms with van der Waals surface area (Å²) >= 11 is 3.60. The maximum absolute atomic E-state index is 14.0. The normalized spacial score (nSPS) is 24.0. The molecule has 0 aliphatic heterocycles. The highest BCUT2D eigenvalue weighted by molar-refractivity contribution is 9.10. The average molecular weight is 630 g/mol. The second-order valence-electron chi connectivity index (χ2n) is 13.6. The van der Waals surface area contributed by atoms with Crippen LogP contribution in [0, 0.1) is 18.8 Å². The third-order valence-electron chi connectivity index (χ3n) is 9.72. The zero-order valence-electron chi connectivity index (χ0n) is 25.6. The van der Waals surface area contributed by atoms with Gasteiger partial charge in [0.05, 0.1) is 7.11 Å². The highest BCUT2D eigenvalue weighted by Gasteiger charge is 2.41. The number of aryl methyl sites for hydroxylation is 1. The summed E-state index contributed by atoms with van der Waals surface area (Å²) in [6, 6.07) is 10.5. The molecule has 1 aromatic heterocycles. The van der Waals surface area contributed by atoms with E-state index in [0.717, 1.165) is 74.0 Å². The van der Waals surface area contributed by atoms with Gasteiger partial charge in [-0.15, -0.1) is 0 Å². The molecule has 2 aliphatic carbocycles. The Morgan fingerprint density at radius 1 is 1.02 bits per heavy atom. The molecule has 2 saturated carbocycles. The van der Waals surface area contributed by atoms with E-state index in [4.69, 9.17) is 9.16 Å². The van der Waals surface area contributed by atoms with E-state index < -0.39 is 8.32 Å². The molecule has 0 spiro atoms. The van der Waals surface area contributed by atoms with Crippen LogP contribution in [0.5, 0.6) is 5.75 Å². The van der Waals surface area contributed by atoms with Crippen LogP contribution in [-0.2, 0) is 9.22 Å². The van der Waals surface area contributed by atoms with Crippen molar-refractivity contribution < 1.29 is 14.0 Å². The van der Waals surface area contributed by atoms with Crippen LogP contribution in [0.3, 0.4) is 0 Å². The van der Waals surface area contributed by atoms with Crippen LogP contribution in [0.15, 0.2) is 41.0 Å². The molecule has 0 atom stereocenters. The van der Waals surface area contributed by atoms with Gasteiger partial charge in [-0.25, -0.2) is 4.98 Å². The maximum atomic E-state index is 14.0. The number of amides is 1. The molecule has 0 unspecified atom stereocenters. The third kappa shape index (κ3) is 7.57. The minimum Gasteiger partial charge on any atom is -0.496 e. The van der Waals surface area contributed by atoms with Crippen molar-refractivity contribution in [3.63, 3.8) is 0 Å². The summed E-state index contributed by atoms with van der Waals surface area (Å²) in [4.78, 5) is 20.7. The Bertz CT molecular complexity index is 1150. The van der Waals surface area contributed by atoms with Crippen molar-refractivity contribution in [2.75, 3.05) is 18.6 Å². The first-order valence-electron chi connectivity index (χ1n) is 15.1. The molecule has 1 aromatic carbocycles. The van der Waals surface area contributed by atoms with Crippen LogP contribution in [-0.4, -0.2) is 39.0 Å². The lowest BCUT2D eigenvalue weighted by molar-refractivity contribution is -0.124. The Kier molecular flexibility index (Phi) is 10.2. The molecule has 7 heteroatoms. The van der Waals surface area contributed by atoms with Crippen molar-refractivity contribution in [1.82, 2.24) is 4.98 Å². The SMILES string of the molecule is COc1ccc(C2CCC(CN(C(=O)C3CCC(O[Si](C)(C)C(C)(C)C)CC3)c3cc(Br)ccn3)CC2)cc1C. The zero-order valence-corrected chi connectivity index (χ0v) is 28.2. The minimum absolute atomic E-state index is 0.0404. The van der Waals surface area contributed by atoms with Gasteiger partial charge in [-0.1, -0.05) is 48.8 Å². The van der Waals surface area contributed by atoms with Gasteiger partial charge in [0.15, 0.2) is 8.32 Å². The Hall–Kier alpha value is -1.70. The number of anilines is 1. The molecule has 220 valence electrons. The fourth-order valence-electron chi connectivity index (χ4n) is 6.17. The summed E-state index contributed by atoms with van der Waals surface area (Å²) in [7, 11) is -0.0756. The Morgan fingerprint density at radius 3 is 2.27 bits per heavy atom. The molecule has 2 fully saturated rings. The molecular weight excluding hydrogens is 580 g/mol. The molecule has 4 rings (SSSR count). The molecule has 40 heavy (non-hydrogen) atoms. The fraction of sp³-hybridized carbons (Fsp3) is 0.636. The first-order chi connectivity index (χ1) is 18.9. The van der Waals surface area contributed by atoms with E-state index in [9.17, 15) is 4.79 Å². The highest BCUT2D eigenvalue weighted by atomic mass is 79.9. The number of aromatic nitrogens is 1. The van der Waals surface area contributed by atoms with Crippen molar-refractivity contribution in [1.29, 1.82) is 0 Å². The monoisotopic (exact) mass is 628 g/mol. The third-order valence-corrected chi connectivity index (χ3v) is 14.7. The van der Waals surface area contributed by atoms with Gasteiger partial charge in [0.1, 0.15) is 11.6 Å². The zero-order chi connectivity index (χ0) is 29.1. The lowest BCUT2D eigenvalue weighted by Gasteiger charge is -2.41. The van der Waals surface area contributed by atoms with Crippen LogP contribution in [0.1, 0.15) is 89.2 Å². The van der Waals surface area contributed by atoms with Crippen LogP contribution in [0.4, 0.5) is 5.82 Å². The lowest BCUT2D eigenvalue weighted by Crippen LogP contribution is -2.46. The maximum Gasteiger partial charge on any atom is 0.231 e. The van der Waals surface area contributed by atoms with E-state index in [1.165, 1.54) is 11.1 Å². The topological polar surface area (TPSA) is 51.7 Å². The standard InChI is InChI=1S/C33H49BrN2O3Si/c1-23-20-27(14-17-30(23)38-5)25-10-8-24(9-11-25)22-36(31-21-28(34)18-19-35-31)32(37)26-12-15-29(16-13-26)39-40(6,7)33(2,3)4/h14,17-21,24-26,29H,8-13,15-16,22H2,1-7H3. The van der Waals surface area contributed by atoms with Crippen LogP contribution < -0.4 is 9.64 Å². The minimum atomic E-state index is -1.81. The number of halogens is 1. The molecule has 0 saturated heterocycles. The summed E-state index contributed by atoms with van der Waals surface area (Å²) < 4.78 is 13.1. The summed E-state index contributed by atoms with van der Waals surface area (Å²) in [5, 5.41) is 0.202. The van der Waals surface area contributed by atoms with E-state index in [2.05, 4.69) is 79.9 Å². The summed E-state index contributed by atoms with van der Waals surface area (Å²) in [6.07, 6.45) is 10.4. The predicted molar refractivity (Wildman–Crippen MR) is 171 cm³/mol. The Morgan fingerprint density at radius 2 is 1.70 bits per heavy atom. The first kappa shape index (κ1) is 31.2. The average Bonchev–Trinajstić information content (AvgIpc) is 2.91. The number of carbonyl (C=O) groups excluding carboxylic acids is 1. The number of pyridine rings is 1. The number of methoxy groups -OCH3 is 1. The highest BCUT2D eigenvalue weighted by Crippen LogP contribution is 2.41. The quantitative estimate of drug-likeness (QED) is 0.274. The largest absolute Gasteiger partial charge is 0.496 e. The lowest BCUT2D eigenvalue weighted by atomic mass is 9.78. The Balaban J connectivity index is 1.40. The van der Waals surface area contributed by atoms with Gasteiger partial charge in [-0.05, 0) is 118 Å². The fourth-order valence-corrected chi connectivity index (χ4v) is 7.92. The second-order valence-corrected chi connectivity index (χ2v) is 19.3. The number of ether oxygens (including phenoxy) is 1. The van der Waals surface area contributed by atoms with Gasteiger partial charge in [0, 0.05) is 29.2 Å². The van der Waals surface area contributed by atoms with Gasteiger partial charge in [0.2, 0.25) is 5.91 Å². The number of benzene rings is 1. The number of hydrogen-bond acceptors (Lipinski definition) is 4. The van der Waals surface area contributed by atoms with E-state index in [1.54, 1.807) is 13.3 Å². The summed E-state index contributed by atoms with van der Waals surface area (Å²) in [5.41, 5.74) is 2.61. The molecule has 2 aromatic rings. The number of rotatable bonds is 8. The summed E-state index contributed by atoms with van der Waals surface area (Å²) in [5.74, 6) is 3.06. The molecule has 1 heterocycles. The number of nitrogens with zero attached hydrogens (tertiary/aromatic N) is 2. The second kappa shape index (κ2) is 13.1. The Labute approximate surface area is 251 Å². The number of hydrogen-bond donors (Lipinski definition) is 0. The van der Waals surface area contributed by atoms with Gasteiger partial charge in [0.25, 0.3) is 0 Å². The van der Waals surface area contributed by atoms with Crippen LogP contribution in [0.25, 0.3) is 0 Å². The van der Waals surface area contributed by atoms with Crippen molar-refractivity contribution >= 4 is 36.0 Å². The summed E-state index contributed by atoms with van der Waals surface area (Å²) in [6.45, 7) is 14.4. The van der Waals surface area contributed by atoms with Crippen molar-refractivity contribution in [3.8, 4) is 5.75 Å².